The molecule has 1 atom stereocenters. The van der Waals surface area contributed by atoms with E-state index < -0.39 is 11.8 Å². The molecule has 1 aromatic carbocycles. The van der Waals surface area contributed by atoms with E-state index in [9.17, 15) is 15.3 Å². The van der Waals surface area contributed by atoms with Crippen molar-refractivity contribution in [1.29, 1.82) is 10.5 Å². The van der Waals surface area contributed by atoms with Crippen LogP contribution in [0.2, 0.25) is 5.02 Å². The number of allylic oxidation sites excluding steroid dienone is 2. The van der Waals surface area contributed by atoms with Gasteiger partial charge in [0, 0.05) is 34.4 Å². The lowest BCUT2D eigenvalue weighted by atomic mass is 9.75. The summed E-state index contributed by atoms with van der Waals surface area (Å²) >= 11 is 6.06. The van der Waals surface area contributed by atoms with Crippen molar-refractivity contribution in [3.05, 3.63) is 46.2 Å². The fourth-order valence-electron chi connectivity index (χ4n) is 3.53. The summed E-state index contributed by atoms with van der Waals surface area (Å²) in [6.45, 7) is 0. The Kier molecular flexibility index (Phi) is 3.67. The van der Waals surface area contributed by atoms with Crippen LogP contribution in [0.25, 0.3) is 10.9 Å². The van der Waals surface area contributed by atoms with Crippen LogP contribution in [0.1, 0.15) is 30.7 Å². The molecule has 5 nitrogen and oxygen atoms in total. The first-order chi connectivity index (χ1) is 12.1. The molecule has 0 amide bonds. The van der Waals surface area contributed by atoms with Crippen LogP contribution in [-0.2, 0) is 4.79 Å². The molecule has 1 unspecified atom stereocenters. The quantitative estimate of drug-likeness (QED) is 0.775. The highest BCUT2D eigenvalue weighted by atomic mass is 35.5. The molecule has 0 bridgehead atoms. The number of halogens is 1. The average Bonchev–Trinajstić information content (AvgIpc) is 2.61. The predicted octanol–water partition coefficient (Wildman–Crippen LogP) is 4.03. The Hall–Kier alpha value is -2.89. The van der Waals surface area contributed by atoms with Crippen LogP contribution in [0.5, 0.6) is 5.88 Å². The Bertz CT molecular complexity index is 1020. The SMILES string of the molecule is N#CC(C#N)C1C2=C(CCCC2=O)Oc2nc3ccc(Cl)cc3cc21. The van der Waals surface area contributed by atoms with Gasteiger partial charge in [-0.15, -0.1) is 0 Å². The topological polar surface area (TPSA) is 86.8 Å². The molecule has 0 saturated carbocycles. The molecule has 0 fully saturated rings. The molecule has 2 aromatic rings. The Labute approximate surface area is 149 Å². The largest absolute Gasteiger partial charge is 0.443 e. The number of Topliss-reactive ketones (excluding diaryl/α,β-unsaturated/α-hetero) is 1. The van der Waals surface area contributed by atoms with Crippen LogP contribution < -0.4 is 4.74 Å². The minimum Gasteiger partial charge on any atom is -0.443 e. The van der Waals surface area contributed by atoms with E-state index in [0.717, 1.165) is 5.39 Å². The molecule has 4 rings (SSSR count). The summed E-state index contributed by atoms with van der Waals surface area (Å²) in [5, 5.41) is 20.2. The van der Waals surface area contributed by atoms with Crippen LogP contribution in [-0.4, -0.2) is 10.8 Å². The van der Waals surface area contributed by atoms with Gasteiger partial charge in [-0.25, -0.2) is 4.98 Å². The molecule has 1 aromatic heterocycles. The molecule has 0 N–H and O–H groups in total. The fourth-order valence-corrected chi connectivity index (χ4v) is 3.71. The molecule has 0 radical (unpaired) electrons. The number of fused-ring (bicyclic) bond motifs is 2. The minimum absolute atomic E-state index is 0.0569. The van der Waals surface area contributed by atoms with E-state index in [1.165, 1.54) is 0 Å². The summed E-state index contributed by atoms with van der Waals surface area (Å²) in [7, 11) is 0. The van der Waals surface area contributed by atoms with Gasteiger partial charge < -0.3 is 4.74 Å². The molecule has 122 valence electrons. The number of ketones is 1. The van der Waals surface area contributed by atoms with Crippen LogP contribution in [0.3, 0.4) is 0 Å². The van der Waals surface area contributed by atoms with Crippen LogP contribution in [0.4, 0.5) is 0 Å². The van der Waals surface area contributed by atoms with Gasteiger partial charge in [-0.1, -0.05) is 11.6 Å². The number of carbonyl (C=O) groups excluding carboxylic acids is 1. The summed E-state index contributed by atoms with van der Waals surface area (Å²) in [4.78, 5) is 17.0. The van der Waals surface area contributed by atoms with Gasteiger partial charge in [0.25, 0.3) is 0 Å². The number of nitriles is 2. The second kappa shape index (κ2) is 5.88. The number of hydrogen-bond donors (Lipinski definition) is 0. The third-order valence-corrected chi connectivity index (χ3v) is 4.89. The number of nitrogens with zero attached hydrogens (tertiary/aromatic N) is 3. The van der Waals surface area contributed by atoms with Gasteiger partial charge in [0.15, 0.2) is 5.78 Å². The zero-order chi connectivity index (χ0) is 17.6. The van der Waals surface area contributed by atoms with E-state index in [-0.39, 0.29) is 5.78 Å². The molecule has 2 aliphatic rings. The Morgan fingerprint density at radius 1 is 1.24 bits per heavy atom. The first kappa shape index (κ1) is 15.6. The van der Waals surface area contributed by atoms with Crippen molar-refractivity contribution in [2.45, 2.75) is 25.2 Å². The van der Waals surface area contributed by atoms with Crippen molar-refractivity contribution in [3.8, 4) is 18.0 Å². The van der Waals surface area contributed by atoms with Gasteiger partial charge in [-0.2, -0.15) is 10.5 Å². The standard InChI is InChI=1S/C19H12ClN3O2/c20-12-4-5-14-10(6-12)7-13-17(11(8-21)9-22)18-15(24)2-1-3-16(18)25-19(13)23-14/h4-7,11,17H,1-3H2. The van der Waals surface area contributed by atoms with E-state index in [1.807, 2.05) is 18.2 Å². The van der Waals surface area contributed by atoms with Gasteiger partial charge in [-0.3, -0.25) is 4.79 Å². The van der Waals surface area contributed by atoms with E-state index >= 15 is 0 Å². The van der Waals surface area contributed by atoms with E-state index in [0.29, 0.717) is 52.6 Å². The molecule has 6 heteroatoms. The molecular formula is C19H12ClN3O2. The lowest BCUT2D eigenvalue weighted by molar-refractivity contribution is -0.116. The maximum absolute atomic E-state index is 12.5. The smallest absolute Gasteiger partial charge is 0.223 e. The molecular weight excluding hydrogens is 338 g/mol. The molecule has 1 aliphatic carbocycles. The first-order valence-electron chi connectivity index (χ1n) is 7.96. The number of hydrogen-bond acceptors (Lipinski definition) is 5. The molecule has 1 aliphatic heterocycles. The molecule has 2 heterocycles. The minimum atomic E-state index is -0.979. The van der Waals surface area contributed by atoms with Crippen molar-refractivity contribution in [2.75, 3.05) is 0 Å². The van der Waals surface area contributed by atoms with Crippen LogP contribution in [0, 0.1) is 28.6 Å². The van der Waals surface area contributed by atoms with E-state index in [2.05, 4.69) is 4.98 Å². The predicted molar refractivity (Wildman–Crippen MR) is 90.7 cm³/mol. The number of benzene rings is 1. The second-order valence-corrected chi connectivity index (χ2v) is 6.59. The van der Waals surface area contributed by atoms with Crippen molar-refractivity contribution in [3.63, 3.8) is 0 Å². The number of rotatable bonds is 1. The second-order valence-electron chi connectivity index (χ2n) is 6.15. The summed E-state index contributed by atoms with van der Waals surface area (Å²) < 4.78 is 5.91. The summed E-state index contributed by atoms with van der Waals surface area (Å²) in [6.07, 6.45) is 1.72. The van der Waals surface area contributed by atoms with E-state index in [1.54, 1.807) is 18.2 Å². The van der Waals surface area contributed by atoms with Crippen molar-refractivity contribution < 1.29 is 9.53 Å². The maximum Gasteiger partial charge on any atom is 0.223 e. The van der Waals surface area contributed by atoms with Crippen molar-refractivity contribution in [1.82, 2.24) is 4.98 Å². The monoisotopic (exact) mass is 349 g/mol. The number of pyridine rings is 1. The fraction of sp³-hybridized carbons (Fsp3) is 0.263. The zero-order valence-electron chi connectivity index (χ0n) is 13.1. The highest BCUT2D eigenvalue weighted by Gasteiger charge is 2.41. The van der Waals surface area contributed by atoms with Crippen LogP contribution in [0.15, 0.2) is 35.6 Å². The van der Waals surface area contributed by atoms with E-state index in [4.69, 9.17) is 16.3 Å². The molecule has 0 spiro atoms. The zero-order valence-corrected chi connectivity index (χ0v) is 13.9. The highest BCUT2D eigenvalue weighted by Crippen LogP contribution is 2.46. The third kappa shape index (κ3) is 2.45. The van der Waals surface area contributed by atoms with Gasteiger partial charge in [-0.05, 0) is 30.7 Å². The Morgan fingerprint density at radius 2 is 2.04 bits per heavy atom. The van der Waals surface area contributed by atoms with Crippen LogP contribution >= 0.6 is 11.6 Å². The third-order valence-electron chi connectivity index (χ3n) is 4.66. The maximum atomic E-state index is 12.5. The first-order valence-corrected chi connectivity index (χ1v) is 8.33. The average molecular weight is 350 g/mol. The van der Waals surface area contributed by atoms with Crippen molar-refractivity contribution >= 4 is 28.3 Å². The number of ether oxygens (including phenoxy) is 1. The van der Waals surface area contributed by atoms with Crippen molar-refractivity contribution in [2.24, 2.45) is 5.92 Å². The number of aromatic nitrogens is 1. The Morgan fingerprint density at radius 3 is 2.80 bits per heavy atom. The van der Waals surface area contributed by atoms with Gasteiger partial charge in [0.2, 0.25) is 5.88 Å². The summed E-state index contributed by atoms with van der Waals surface area (Å²) in [5.41, 5.74) is 1.76. The molecule has 25 heavy (non-hydrogen) atoms. The van der Waals surface area contributed by atoms with Gasteiger partial charge in [0.05, 0.1) is 23.6 Å². The normalized spacial score (nSPS) is 19.0. The lowest BCUT2D eigenvalue weighted by Gasteiger charge is -2.32. The Balaban J connectivity index is 1.99. The summed E-state index contributed by atoms with van der Waals surface area (Å²) in [5.74, 6) is -0.766. The van der Waals surface area contributed by atoms with Gasteiger partial charge >= 0.3 is 0 Å². The lowest BCUT2D eigenvalue weighted by Crippen LogP contribution is -2.28. The highest BCUT2D eigenvalue weighted by molar-refractivity contribution is 6.31. The molecule has 0 saturated heterocycles. The van der Waals surface area contributed by atoms with Gasteiger partial charge in [0.1, 0.15) is 11.7 Å². The number of carbonyl (C=O) groups is 1. The summed E-state index contributed by atoms with van der Waals surface area (Å²) in [6, 6.07) is 11.2.